The van der Waals surface area contributed by atoms with Crippen molar-refractivity contribution >= 4 is 11.6 Å². The summed E-state index contributed by atoms with van der Waals surface area (Å²) in [5.74, 6) is 0. The predicted octanol–water partition coefficient (Wildman–Crippen LogP) is 2.41. The molecule has 0 fully saturated rings. The Balaban J connectivity index is 2.40. The van der Waals surface area contributed by atoms with Gasteiger partial charge in [-0.1, -0.05) is 25.4 Å². The number of aromatic nitrogens is 1. The average molecular weight is 256 g/mol. The van der Waals surface area contributed by atoms with Crippen molar-refractivity contribution in [1.82, 2.24) is 15.2 Å². The van der Waals surface area contributed by atoms with E-state index in [1.54, 1.807) is 12.4 Å². The lowest BCUT2D eigenvalue weighted by atomic mass is 9.93. The second-order valence-electron chi connectivity index (χ2n) is 5.47. The molecule has 1 rings (SSSR count). The number of pyridine rings is 1. The zero-order chi connectivity index (χ0) is 12.9. The summed E-state index contributed by atoms with van der Waals surface area (Å²) in [6, 6.07) is 1.95. The van der Waals surface area contributed by atoms with E-state index >= 15 is 0 Å². The van der Waals surface area contributed by atoms with Gasteiger partial charge in [0.2, 0.25) is 0 Å². The SMILES string of the molecule is CN(C)CC(C)(C)CNCc1ccncc1Cl. The maximum absolute atomic E-state index is 6.05. The quantitative estimate of drug-likeness (QED) is 0.846. The van der Waals surface area contributed by atoms with E-state index in [9.17, 15) is 0 Å². The fraction of sp³-hybridized carbons (Fsp3) is 0.615. The van der Waals surface area contributed by atoms with Crippen LogP contribution in [0.15, 0.2) is 18.5 Å². The molecule has 0 radical (unpaired) electrons. The highest BCUT2D eigenvalue weighted by molar-refractivity contribution is 6.31. The molecule has 1 aromatic rings. The molecule has 0 spiro atoms. The lowest BCUT2D eigenvalue weighted by molar-refractivity contribution is 0.232. The largest absolute Gasteiger partial charge is 0.312 e. The van der Waals surface area contributed by atoms with Crippen molar-refractivity contribution in [3.8, 4) is 0 Å². The molecule has 0 saturated heterocycles. The van der Waals surface area contributed by atoms with Crippen LogP contribution in [0.1, 0.15) is 19.4 Å². The van der Waals surface area contributed by atoms with Crippen LogP contribution < -0.4 is 5.32 Å². The van der Waals surface area contributed by atoms with E-state index in [4.69, 9.17) is 11.6 Å². The van der Waals surface area contributed by atoms with E-state index < -0.39 is 0 Å². The highest BCUT2D eigenvalue weighted by atomic mass is 35.5. The Kier molecular flexibility index (Phi) is 5.37. The molecule has 0 aromatic carbocycles. The molecule has 17 heavy (non-hydrogen) atoms. The van der Waals surface area contributed by atoms with E-state index in [0.29, 0.717) is 0 Å². The van der Waals surface area contributed by atoms with Gasteiger partial charge in [-0.3, -0.25) is 4.98 Å². The Morgan fingerprint density at radius 3 is 2.71 bits per heavy atom. The third kappa shape index (κ3) is 5.48. The van der Waals surface area contributed by atoms with Crippen molar-refractivity contribution in [2.75, 3.05) is 27.2 Å². The van der Waals surface area contributed by atoms with Crippen molar-refractivity contribution in [2.45, 2.75) is 20.4 Å². The molecule has 0 aliphatic carbocycles. The number of nitrogens with one attached hydrogen (secondary N) is 1. The van der Waals surface area contributed by atoms with Gasteiger partial charge in [0.15, 0.2) is 0 Å². The van der Waals surface area contributed by atoms with E-state index in [2.05, 4.69) is 43.1 Å². The second kappa shape index (κ2) is 6.34. The van der Waals surface area contributed by atoms with Crippen LogP contribution in [0.25, 0.3) is 0 Å². The van der Waals surface area contributed by atoms with Gasteiger partial charge in [-0.25, -0.2) is 0 Å². The summed E-state index contributed by atoms with van der Waals surface area (Å²) in [5, 5.41) is 4.18. The average Bonchev–Trinajstić information content (AvgIpc) is 2.18. The lowest BCUT2D eigenvalue weighted by Gasteiger charge is -2.28. The third-order valence-corrected chi connectivity index (χ3v) is 2.86. The molecule has 4 heteroatoms. The minimum atomic E-state index is 0.253. The summed E-state index contributed by atoms with van der Waals surface area (Å²) in [4.78, 5) is 6.18. The van der Waals surface area contributed by atoms with E-state index in [1.807, 2.05) is 6.07 Å². The maximum Gasteiger partial charge on any atom is 0.0634 e. The van der Waals surface area contributed by atoms with E-state index in [0.717, 1.165) is 30.2 Å². The molecule has 1 N–H and O–H groups in total. The summed E-state index contributed by atoms with van der Waals surface area (Å²) in [5.41, 5.74) is 1.35. The van der Waals surface area contributed by atoms with Gasteiger partial charge in [-0.05, 0) is 31.1 Å². The Hall–Kier alpha value is -0.640. The Labute approximate surface area is 109 Å². The molecule has 0 amide bonds. The highest BCUT2D eigenvalue weighted by Crippen LogP contribution is 2.16. The fourth-order valence-electron chi connectivity index (χ4n) is 1.99. The van der Waals surface area contributed by atoms with Crippen molar-refractivity contribution in [1.29, 1.82) is 0 Å². The summed E-state index contributed by atoms with van der Waals surface area (Å²) in [7, 11) is 4.20. The van der Waals surface area contributed by atoms with Gasteiger partial charge in [-0.15, -0.1) is 0 Å². The van der Waals surface area contributed by atoms with Crippen LogP contribution in [0.5, 0.6) is 0 Å². The van der Waals surface area contributed by atoms with E-state index in [-0.39, 0.29) is 5.41 Å². The summed E-state index contributed by atoms with van der Waals surface area (Å²) < 4.78 is 0. The van der Waals surface area contributed by atoms with Crippen LogP contribution in [0.2, 0.25) is 5.02 Å². The molecule has 1 heterocycles. The smallest absolute Gasteiger partial charge is 0.0634 e. The summed E-state index contributed by atoms with van der Waals surface area (Å²) in [6.45, 7) is 7.33. The first-order chi connectivity index (χ1) is 7.91. The van der Waals surface area contributed by atoms with Crippen LogP contribution in [-0.2, 0) is 6.54 Å². The first-order valence-electron chi connectivity index (χ1n) is 5.84. The molecular formula is C13H22ClN3. The number of hydrogen-bond donors (Lipinski definition) is 1. The number of halogens is 1. The van der Waals surface area contributed by atoms with Gasteiger partial charge in [0.25, 0.3) is 0 Å². The van der Waals surface area contributed by atoms with E-state index in [1.165, 1.54) is 0 Å². The Bertz CT molecular complexity index is 350. The second-order valence-corrected chi connectivity index (χ2v) is 5.88. The molecule has 0 saturated carbocycles. The molecule has 96 valence electrons. The van der Waals surface area contributed by atoms with Gasteiger partial charge >= 0.3 is 0 Å². The van der Waals surface area contributed by atoms with Crippen LogP contribution >= 0.6 is 11.6 Å². The van der Waals surface area contributed by atoms with Crippen LogP contribution in [0.3, 0.4) is 0 Å². The first-order valence-corrected chi connectivity index (χ1v) is 6.22. The maximum atomic E-state index is 6.05. The first kappa shape index (κ1) is 14.4. The number of rotatable bonds is 6. The highest BCUT2D eigenvalue weighted by Gasteiger charge is 2.18. The molecule has 0 aliphatic heterocycles. The van der Waals surface area contributed by atoms with Gasteiger partial charge in [0.1, 0.15) is 0 Å². The van der Waals surface area contributed by atoms with Gasteiger partial charge < -0.3 is 10.2 Å². The van der Waals surface area contributed by atoms with Crippen molar-refractivity contribution < 1.29 is 0 Å². The van der Waals surface area contributed by atoms with Crippen LogP contribution in [-0.4, -0.2) is 37.1 Å². The van der Waals surface area contributed by atoms with Crippen LogP contribution in [0.4, 0.5) is 0 Å². The monoisotopic (exact) mass is 255 g/mol. The summed E-state index contributed by atoms with van der Waals surface area (Å²) in [6.07, 6.45) is 3.46. The molecule has 0 aliphatic rings. The third-order valence-electron chi connectivity index (χ3n) is 2.52. The van der Waals surface area contributed by atoms with Crippen molar-refractivity contribution in [2.24, 2.45) is 5.41 Å². The molecule has 3 nitrogen and oxygen atoms in total. The topological polar surface area (TPSA) is 28.2 Å². The predicted molar refractivity (Wildman–Crippen MR) is 73.3 cm³/mol. The molecule has 0 atom stereocenters. The molecule has 1 aromatic heterocycles. The fourth-order valence-corrected chi connectivity index (χ4v) is 2.18. The van der Waals surface area contributed by atoms with Crippen LogP contribution in [0, 0.1) is 5.41 Å². The van der Waals surface area contributed by atoms with Crippen molar-refractivity contribution in [3.63, 3.8) is 0 Å². The zero-order valence-electron chi connectivity index (χ0n) is 11.1. The summed E-state index contributed by atoms with van der Waals surface area (Å²) >= 11 is 6.05. The Morgan fingerprint density at radius 1 is 1.41 bits per heavy atom. The zero-order valence-corrected chi connectivity index (χ0v) is 11.9. The standard InChI is InChI=1S/C13H22ClN3/c1-13(2,10-17(3)4)9-16-7-11-5-6-15-8-12(11)14/h5-6,8,16H,7,9-10H2,1-4H3. The Morgan fingerprint density at radius 2 is 2.12 bits per heavy atom. The van der Waals surface area contributed by atoms with Gasteiger partial charge in [0, 0.05) is 32.0 Å². The van der Waals surface area contributed by atoms with Gasteiger partial charge in [0.05, 0.1) is 5.02 Å². The molecule has 0 bridgehead atoms. The van der Waals surface area contributed by atoms with Crippen molar-refractivity contribution in [3.05, 3.63) is 29.0 Å². The number of hydrogen-bond acceptors (Lipinski definition) is 3. The van der Waals surface area contributed by atoms with Gasteiger partial charge in [-0.2, -0.15) is 0 Å². The minimum Gasteiger partial charge on any atom is -0.312 e. The normalized spacial score (nSPS) is 12.1. The number of nitrogens with zero attached hydrogens (tertiary/aromatic N) is 2. The minimum absolute atomic E-state index is 0.253. The molecular weight excluding hydrogens is 234 g/mol. The lowest BCUT2D eigenvalue weighted by Crippen LogP contribution is -2.37. The molecule has 0 unspecified atom stereocenters.